The molecule has 2 amide bonds. The summed E-state index contributed by atoms with van der Waals surface area (Å²) in [7, 11) is 0. The third-order valence-corrected chi connectivity index (χ3v) is 4.77. The zero-order chi connectivity index (χ0) is 20.0. The second-order valence-electron chi connectivity index (χ2n) is 6.53. The average molecular weight is 388 g/mol. The van der Waals surface area contributed by atoms with Crippen LogP contribution in [0.4, 0.5) is 21.5 Å². The number of aromatic nitrogens is 4. The minimum atomic E-state index is -0.551. The van der Waals surface area contributed by atoms with Gasteiger partial charge in [0.05, 0.1) is 16.9 Å². The van der Waals surface area contributed by atoms with Gasteiger partial charge in [-0.15, -0.1) is 10.2 Å². The predicted octanol–water partition coefficient (Wildman–Crippen LogP) is 3.17. The van der Waals surface area contributed by atoms with E-state index in [0.717, 1.165) is 10.8 Å². The lowest BCUT2D eigenvalue weighted by atomic mass is 10.1. The first kappa shape index (κ1) is 17.0. The van der Waals surface area contributed by atoms with E-state index in [9.17, 15) is 14.0 Å². The number of carbonyl (C=O) groups excluding carboxylic acids is 2. The first-order chi connectivity index (χ1) is 14.1. The minimum absolute atomic E-state index is 0.0690. The topological polar surface area (TPSA) is 104 Å². The van der Waals surface area contributed by atoms with E-state index in [2.05, 4.69) is 25.9 Å². The number of aromatic amines is 1. The number of nitrogens with zero attached hydrogens (tertiary/aromatic N) is 4. The van der Waals surface area contributed by atoms with Crippen LogP contribution >= 0.6 is 0 Å². The lowest BCUT2D eigenvalue weighted by Gasteiger charge is -2.23. The summed E-state index contributed by atoms with van der Waals surface area (Å²) in [4.78, 5) is 26.7. The number of amides is 2. The molecule has 0 aliphatic carbocycles. The van der Waals surface area contributed by atoms with E-state index in [-0.39, 0.29) is 17.8 Å². The number of benzene rings is 3. The molecular weight excluding hydrogens is 375 g/mol. The molecule has 0 radical (unpaired) electrons. The summed E-state index contributed by atoms with van der Waals surface area (Å²) in [6.07, 6.45) is -0.335. The average Bonchev–Trinajstić information content (AvgIpc) is 3.21. The second-order valence-corrected chi connectivity index (χ2v) is 6.53. The van der Waals surface area contributed by atoms with Gasteiger partial charge in [-0.1, -0.05) is 30.3 Å². The van der Waals surface area contributed by atoms with Crippen LogP contribution in [0.15, 0.2) is 54.6 Å². The number of anilines is 3. The molecule has 4 aromatic rings. The monoisotopic (exact) mass is 388 g/mol. The Kier molecular flexibility index (Phi) is 3.80. The van der Waals surface area contributed by atoms with Crippen LogP contribution in [0.2, 0.25) is 0 Å². The van der Waals surface area contributed by atoms with Crippen molar-refractivity contribution >= 4 is 39.6 Å². The van der Waals surface area contributed by atoms with E-state index in [4.69, 9.17) is 0 Å². The molecule has 5 rings (SSSR count). The molecule has 0 saturated carbocycles. The Hall–Kier alpha value is -4.14. The van der Waals surface area contributed by atoms with Crippen LogP contribution in [-0.2, 0) is 9.59 Å². The van der Waals surface area contributed by atoms with Gasteiger partial charge in [0, 0.05) is 11.1 Å². The van der Waals surface area contributed by atoms with Gasteiger partial charge in [-0.3, -0.25) is 14.5 Å². The molecule has 0 bridgehead atoms. The van der Waals surface area contributed by atoms with E-state index in [0.29, 0.717) is 17.1 Å². The lowest BCUT2D eigenvalue weighted by molar-refractivity contribution is -0.124. The largest absolute Gasteiger partial charge is 0.323 e. The summed E-state index contributed by atoms with van der Waals surface area (Å²) < 4.78 is 14.4. The molecule has 3 aromatic carbocycles. The van der Waals surface area contributed by atoms with Crippen molar-refractivity contribution in [2.45, 2.75) is 6.42 Å². The van der Waals surface area contributed by atoms with Crippen LogP contribution in [-0.4, -0.2) is 32.4 Å². The van der Waals surface area contributed by atoms with Crippen LogP contribution in [0.25, 0.3) is 22.2 Å². The van der Waals surface area contributed by atoms with Crippen LogP contribution < -0.4 is 10.2 Å². The Balaban J connectivity index is 1.73. The zero-order valence-corrected chi connectivity index (χ0v) is 14.9. The Morgan fingerprint density at radius 2 is 1.90 bits per heavy atom. The van der Waals surface area contributed by atoms with E-state index < -0.39 is 17.6 Å². The standard InChI is InChI=1S/C20H13FN6O2/c21-15-7-6-12(9-14(15)20-23-25-26-24-20)27-16-8-5-11-3-1-2-4-13(11)19(16)22-17(28)10-18(27)29/h1-9H,10H2,(H,22,28)(H,23,24,25,26). The Morgan fingerprint density at radius 3 is 2.72 bits per heavy atom. The maximum absolute atomic E-state index is 14.4. The molecule has 1 aromatic heterocycles. The fourth-order valence-electron chi connectivity index (χ4n) is 3.49. The van der Waals surface area contributed by atoms with Crippen molar-refractivity contribution in [3.8, 4) is 11.4 Å². The smallest absolute Gasteiger partial charge is 0.241 e. The number of carbonyl (C=O) groups is 2. The summed E-state index contributed by atoms with van der Waals surface area (Å²) in [6.45, 7) is 0. The molecule has 0 atom stereocenters. The van der Waals surface area contributed by atoms with Gasteiger partial charge in [-0.2, -0.15) is 5.21 Å². The molecule has 0 fully saturated rings. The number of hydrogen-bond donors (Lipinski definition) is 2. The normalized spacial score (nSPS) is 13.9. The van der Waals surface area contributed by atoms with E-state index >= 15 is 0 Å². The SMILES string of the molecule is O=C1CC(=O)N(c2ccc(F)c(-c3nn[nH]n3)c2)c2ccc3ccccc3c2N1. The van der Waals surface area contributed by atoms with Gasteiger partial charge < -0.3 is 5.32 Å². The van der Waals surface area contributed by atoms with Crippen molar-refractivity contribution in [3.05, 3.63) is 60.4 Å². The van der Waals surface area contributed by atoms with Crippen molar-refractivity contribution in [1.82, 2.24) is 20.6 Å². The van der Waals surface area contributed by atoms with Gasteiger partial charge >= 0.3 is 0 Å². The fourth-order valence-corrected chi connectivity index (χ4v) is 3.49. The third kappa shape index (κ3) is 2.80. The summed E-state index contributed by atoms with van der Waals surface area (Å²) in [5.74, 6) is -1.32. The molecule has 1 aliphatic rings. The number of halogens is 1. The van der Waals surface area contributed by atoms with Crippen molar-refractivity contribution in [1.29, 1.82) is 0 Å². The molecule has 2 N–H and O–H groups in total. The maximum atomic E-state index is 14.4. The highest BCUT2D eigenvalue weighted by molar-refractivity contribution is 6.21. The lowest BCUT2D eigenvalue weighted by Crippen LogP contribution is -2.26. The number of nitrogens with one attached hydrogen (secondary N) is 2. The van der Waals surface area contributed by atoms with Crippen LogP contribution in [0.3, 0.4) is 0 Å². The Labute approximate surface area is 163 Å². The maximum Gasteiger partial charge on any atom is 0.241 e. The highest BCUT2D eigenvalue weighted by atomic mass is 19.1. The van der Waals surface area contributed by atoms with Crippen molar-refractivity contribution in [2.75, 3.05) is 10.2 Å². The Morgan fingerprint density at radius 1 is 1.03 bits per heavy atom. The number of rotatable bonds is 2. The van der Waals surface area contributed by atoms with Gasteiger partial charge in [0.15, 0.2) is 0 Å². The number of fused-ring (bicyclic) bond motifs is 3. The summed E-state index contributed by atoms with van der Waals surface area (Å²) in [6, 6.07) is 15.4. The van der Waals surface area contributed by atoms with Crippen molar-refractivity contribution < 1.29 is 14.0 Å². The molecule has 0 saturated heterocycles. The van der Waals surface area contributed by atoms with E-state index in [1.807, 2.05) is 30.3 Å². The highest BCUT2D eigenvalue weighted by Gasteiger charge is 2.29. The Bertz CT molecular complexity index is 1270. The number of H-pyrrole nitrogens is 1. The zero-order valence-electron chi connectivity index (χ0n) is 14.9. The summed E-state index contributed by atoms with van der Waals surface area (Å²) in [5, 5.41) is 17.9. The van der Waals surface area contributed by atoms with Crippen molar-refractivity contribution in [2.24, 2.45) is 0 Å². The molecule has 0 spiro atoms. The quantitative estimate of drug-likeness (QED) is 0.514. The minimum Gasteiger partial charge on any atom is -0.323 e. The third-order valence-electron chi connectivity index (χ3n) is 4.77. The molecule has 1 aliphatic heterocycles. The molecule has 9 heteroatoms. The van der Waals surface area contributed by atoms with Crippen molar-refractivity contribution in [3.63, 3.8) is 0 Å². The molecule has 142 valence electrons. The van der Waals surface area contributed by atoms with Crippen LogP contribution in [0.5, 0.6) is 0 Å². The van der Waals surface area contributed by atoms with Gasteiger partial charge in [0.2, 0.25) is 17.6 Å². The predicted molar refractivity (Wildman–Crippen MR) is 104 cm³/mol. The van der Waals surface area contributed by atoms with Crippen LogP contribution in [0, 0.1) is 5.82 Å². The van der Waals surface area contributed by atoms with E-state index in [1.165, 1.54) is 23.1 Å². The second kappa shape index (κ2) is 6.48. The first-order valence-electron chi connectivity index (χ1n) is 8.80. The highest BCUT2D eigenvalue weighted by Crippen LogP contribution is 2.40. The summed E-state index contributed by atoms with van der Waals surface area (Å²) in [5.41, 5.74) is 1.52. The van der Waals surface area contributed by atoms with Crippen LogP contribution in [0.1, 0.15) is 6.42 Å². The van der Waals surface area contributed by atoms with Gasteiger partial charge in [0.1, 0.15) is 12.2 Å². The summed E-state index contributed by atoms with van der Waals surface area (Å²) >= 11 is 0. The van der Waals surface area contributed by atoms with E-state index in [1.54, 1.807) is 6.07 Å². The first-order valence-corrected chi connectivity index (χ1v) is 8.80. The fraction of sp³-hybridized carbons (Fsp3) is 0.0500. The molecule has 0 unspecified atom stereocenters. The van der Waals surface area contributed by atoms with Gasteiger partial charge in [-0.25, -0.2) is 4.39 Å². The molecule has 2 heterocycles. The molecule has 8 nitrogen and oxygen atoms in total. The molecule has 29 heavy (non-hydrogen) atoms. The molecular formula is C20H13FN6O2. The number of hydrogen-bond acceptors (Lipinski definition) is 5. The van der Waals surface area contributed by atoms with Gasteiger partial charge in [-0.05, 0) is 34.9 Å². The number of tetrazole rings is 1. The van der Waals surface area contributed by atoms with Gasteiger partial charge in [0.25, 0.3) is 0 Å².